The SMILES string of the molecule is NC(=O)c1cccc2cn(-c3ccc([C@H]4CNCC[C@@H]4F)c(F)c3)nc12. The van der Waals surface area contributed by atoms with Crippen molar-refractivity contribution >= 4 is 16.8 Å². The molecule has 2 aromatic carbocycles. The highest BCUT2D eigenvalue weighted by atomic mass is 19.1. The van der Waals surface area contributed by atoms with Crippen LogP contribution < -0.4 is 11.1 Å². The molecule has 0 bridgehead atoms. The Labute approximate surface area is 148 Å². The molecule has 2 atom stereocenters. The number of alkyl halides is 1. The Morgan fingerprint density at radius 2 is 2.15 bits per heavy atom. The molecule has 0 saturated carbocycles. The van der Waals surface area contributed by atoms with Crippen molar-refractivity contribution in [3.05, 3.63) is 59.5 Å². The van der Waals surface area contributed by atoms with Crippen LogP contribution in [0.4, 0.5) is 8.78 Å². The predicted molar refractivity (Wildman–Crippen MR) is 94.7 cm³/mol. The molecule has 0 radical (unpaired) electrons. The summed E-state index contributed by atoms with van der Waals surface area (Å²) in [6.07, 6.45) is 1.03. The van der Waals surface area contributed by atoms with Gasteiger partial charge in [0.2, 0.25) is 0 Å². The van der Waals surface area contributed by atoms with Crippen LogP contribution in [0.25, 0.3) is 16.6 Å². The third-order valence-electron chi connectivity index (χ3n) is 4.85. The van der Waals surface area contributed by atoms with E-state index < -0.39 is 23.8 Å². The molecule has 0 aliphatic carbocycles. The molecule has 1 fully saturated rings. The molecule has 3 aromatic rings. The van der Waals surface area contributed by atoms with Crippen molar-refractivity contribution in [3.63, 3.8) is 0 Å². The molecule has 0 unspecified atom stereocenters. The largest absolute Gasteiger partial charge is 0.366 e. The third kappa shape index (κ3) is 2.84. The Morgan fingerprint density at radius 3 is 2.88 bits per heavy atom. The van der Waals surface area contributed by atoms with Gasteiger partial charge in [0.05, 0.1) is 11.3 Å². The average Bonchev–Trinajstić information content (AvgIpc) is 3.06. The molecule has 1 aromatic heterocycles. The molecule has 2 heterocycles. The fourth-order valence-electron chi connectivity index (χ4n) is 3.47. The van der Waals surface area contributed by atoms with Gasteiger partial charge < -0.3 is 11.1 Å². The standard InChI is InChI=1S/C19H18F2N4O/c20-16-6-7-23-9-15(16)13-5-4-12(8-17(13)21)25-10-11-2-1-3-14(19(22)26)18(11)24-25/h1-5,8,10,15-16,23H,6-7,9H2,(H2,22,26)/t15-,16+/m1/s1. The highest BCUT2D eigenvalue weighted by molar-refractivity contribution is 6.04. The maximum absolute atomic E-state index is 14.6. The van der Waals surface area contributed by atoms with Crippen LogP contribution in [0.2, 0.25) is 0 Å². The van der Waals surface area contributed by atoms with Gasteiger partial charge in [0.15, 0.2) is 0 Å². The normalized spacial score (nSPS) is 20.4. The zero-order valence-corrected chi connectivity index (χ0v) is 14.0. The van der Waals surface area contributed by atoms with Gasteiger partial charge in [0.1, 0.15) is 17.5 Å². The van der Waals surface area contributed by atoms with E-state index in [2.05, 4.69) is 10.4 Å². The number of piperidine rings is 1. The minimum Gasteiger partial charge on any atom is -0.366 e. The van der Waals surface area contributed by atoms with Gasteiger partial charge in [-0.15, -0.1) is 0 Å². The second kappa shape index (κ2) is 6.49. The van der Waals surface area contributed by atoms with Gasteiger partial charge >= 0.3 is 0 Å². The Morgan fingerprint density at radius 1 is 1.31 bits per heavy atom. The highest BCUT2D eigenvalue weighted by Crippen LogP contribution is 2.29. The van der Waals surface area contributed by atoms with Crippen LogP contribution in [-0.2, 0) is 0 Å². The van der Waals surface area contributed by atoms with Crippen LogP contribution in [0.1, 0.15) is 28.3 Å². The Hall–Kier alpha value is -2.80. The number of carbonyl (C=O) groups is 1. The maximum Gasteiger partial charge on any atom is 0.250 e. The van der Waals surface area contributed by atoms with Crippen molar-refractivity contribution in [1.29, 1.82) is 0 Å². The van der Waals surface area contributed by atoms with E-state index in [4.69, 9.17) is 5.73 Å². The number of nitrogens with zero attached hydrogens (tertiary/aromatic N) is 2. The Kier molecular flexibility index (Phi) is 4.16. The summed E-state index contributed by atoms with van der Waals surface area (Å²) < 4.78 is 30.3. The van der Waals surface area contributed by atoms with Crippen LogP contribution in [-0.4, -0.2) is 34.9 Å². The predicted octanol–water partition coefficient (Wildman–Crippen LogP) is 2.68. The smallest absolute Gasteiger partial charge is 0.250 e. The molecule has 7 heteroatoms. The van der Waals surface area contributed by atoms with Crippen LogP contribution in [0.15, 0.2) is 42.6 Å². The number of amides is 1. The number of rotatable bonds is 3. The number of fused-ring (bicyclic) bond motifs is 1. The molecular weight excluding hydrogens is 338 g/mol. The van der Waals surface area contributed by atoms with Gasteiger partial charge in [0, 0.05) is 24.0 Å². The zero-order chi connectivity index (χ0) is 18.3. The lowest BCUT2D eigenvalue weighted by atomic mass is 9.89. The summed E-state index contributed by atoms with van der Waals surface area (Å²) in [5.41, 5.74) is 7.01. The zero-order valence-electron chi connectivity index (χ0n) is 14.0. The van der Waals surface area contributed by atoms with E-state index in [-0.39, 0.29) is 0 Å². The molecular formula is C19H18F2N4O. The molecule has 1 aliphatic rings. The quantitative estimate of drug-likeness (QED) is 0.758. The number of primary amides is 1. The summed E-state index contributed by atoms with van der Waals surface area (Å²) in [6.45, 7) is 1.03. The number of benzene rings is 2. The van der Waals surface area contributed by atoms with E-state index in [0.717, 1.165) is 5.39 Å². The Bertz CT molecular complexity index is 985. The summed E-state index contributed by atoms with van der Waals surface area (Å²) in [5.74, 6) is -1.52. The molecule has 1 amide bonds. The van der Waals surface area contributed by atoms with Gasteiger partial charge in [-0.3, -0.25) is 4.79 Å². The first-order valence-electron chi connectivity index (χ1n) is 8.47. The van der Waals surface area contributed by atoms with E-state index in [1.54, 1.807) is 36.5 Å². The summed E-state index contributed by atoms with van der Waals surface area (Å²) in [5, 5.41) is 8.20. The molecule has 26 heavy (non-hydrogen) atoms. The van der Waals surface area contributed by atoms with E-state index in [1.807, 2.05) is 0 Å². The van der Waals surface area contributed by atoms with Crippen molar-refractivity contribution in [2.24, 2.45) is 5.73 Å². The number of hydrogen-bond donors (Lipinski definition) is 2. The Balaban J connectivity index is 1.73. The van der Waals surface area contributed by atoms with Crippen molar-refractivity contribution in [2.75, 3.05) is 13.1 Å². The van der Waals surface area contributed by atoms with E-state index in [9.17, 15) is 13.6 Å². The summed E-state index contributed by atoms with van der Waals surface area (Å²) in [6, 6.07) is 9.77. The first-order valence-corrected chi connectivity index (χ1v) is 8.47. The third-order valence-corrected chi connectivity index (χ3v) is 4.85. The van der Waals surface area contributed by atoms with Gasteiger partial charge in [-0.25, -0.2) is 13.5 Å². The van der Waals surface area contributed by atoms with Gasteiger partial charge in [-0.1, -0.05) is 18.2 Å². The second-order valence-electron chi connectivity index (χ2n) is 6.50. The van der Waals surface area contributed by atoms with Crippen LogP contribution in [0.5, 0.6) is 0 Å². The number of halogens is 2. The van der Waals surface area contributed by atoms with E-state index in [0.29, 0.717) is 41.8 Å². The number of aromatic nitrogens is 2. The van der Waals surface area contributed by atoms with Crippen LogP contribution in [0, 0.1) is 5.82 Å². The topological polar surface area (TPSA) is 72.9 Å². The lowest BCUT2D eigenvalue weighted by Gasteiger charge is -2.27. The number of hydrogen-bond acceptors (Lipinski definition) is 3. The van der Waals surface area contributed by atoms with Crippen LogP contribution >= 0.6 is 0 Å². The highest BCUT2D eigenvalue weighted by Gasteiger charge is 2.28. The first-order chi connectivity index (χ1) is 12.5. The van der Waals surface area contributed by atoms with Gasteiger partial charge in [-0.2, -0.15) is 5.10 Å². The van der Waals surface area contributed by atoms with Crippen molar-refractivity contribution in [2.45, 2.75) is 18.5 Å². The number of nitrogens with two attached hydrogens (primary N) is 1. The first kappa shape index (κ1) is 16.7. The lowest BCUT2D eigenvalue weighted by molar-refractivity contribution is 0.100. The summed E-state index contributed by atoms with van der Waals surface area (Å²) >= 11 is 0. The van der Waals surface area contributed by atoms with Gasteiger partial charge in [-0.05, 0) is 36.7 Å². The monoisotopic (exact) mass is 356 g/mol. The average molecular weight is 356 g/mol. The maximum atomic E-state index is 14.6. The van der Waals surface area contributed by atoms with Crippen molar-refractivity contribution < 1.29 is 13.6 Å². The van der Waals surface area contributed by atoms with Crippen LogP contribution in [0.3, 0.4) is 0 Å². The molecule has 0 spiro atoms. The van der Waals surface area contributed by atoms with Crippen molar-refractivity contribution in [1.82, 2.24) is 15.1 Å². The summed E-state index contributed by atoms with van der Waals surface area (Å²) in [4.78, 5) is 11.5. The van der Waals surface area contributed by atoms with Gasteiger partial charge in [0.25, 0.3) is 5.91 Å². The molecule has 5 nitrogen and oxygen atoms in total. The number of nitrogens with one attached hydrogen (secondary N) is 1. The minimum absolute atomic E-state index is 0.312. The molecule has 1 saturated heterocycles. The number of carbonyl (C=O) groups excluding carboxylic acids is 1. The summed E-state index contributed by atoms with van der Waals surface area (Å²) in [7, 11) is 0. The van der Waals surface area contributed by atoms with E-state index in [1.165, 1.54) is 10.7 Å². The minimum atomic E-state index is -1.05. The van der Waals surface area contributed by atoms with Crippen molar-refractivity contribution in [3.8, 4) is 5.69 Å². The fourth-order valence-corrected chi connectivity index (χ4v) is 3.47. The second-order valence-corrected chi connectivity index (χ2v) is 6.50. The fraction of sp³-hybridized carbons (Fsp3) is 0.263. The molecule has 134 valence electrons. The lowest BCUT2D eigenvalue weighted by Crippen LogP contribution is -2.36. The molecule has 3 N–H and O–H groups in total. The molecule has 4 rings (SSSR count). The molecule has 1 aliphatic heterocycles. The van der Waals surface area contributed by atoms with E-state index >= 15 is 0 Å².